The van der Waals surface area contributed by atoms with Crippen LogP contribution in [0.4, 0.5) is 5.82 Å². The van der Waals surface area contributed by atoms with Crippen LogP contribution in [-0.4, -0.2) is 61.6 Å². The highest BCUT2D eigenvalue weighted by Gasteiger charge is 2.50. The van der Waals surface area contributed by atoms with Crippen LogP contribution in [0.3, 0.4) is 0 Å². The third kappa shape index (κ3) is 6.60. The molecule has 4 N–H and O–H groups in total. The zero-order valence-electron chi connectivity index (χ0n) is 22.7. The molecule has 5 atom stereocenters. The molecule has 0 aliphatic carbocycles. The smallest absolute Gasteiger partial charge is 0.459 e. The lowest BCUT2D eigenvalue weighted by Crippen LogP contribution is -2.44. The van der Waals surface area contributed by atoms with E-state index in [1.807, 2.05) is 20.8 Å². The number of rotatable bonds is 10. The minimum atomic E-state index is -4.27. The van der Waals surface area contributed by atoms with Gasteiger partial charge < -0.3 is 24.8 Å². The zero-order valence-corrected chi connectivity index (χ0v) is 23.6. The minimum absolute atomic E-state index is 0.0513. The van der Waals surface area contributed by atoms with Gasteiger partial charge in [-0.05, 0) is 24.5 Å². The first-order valence-corrected chi connectivity index (χ1v) is 14.1. The molecule has 1 aromatic carbocycles. The Hall–Kier alpha value is -3.53. The summed E-state index contributed by atoms with van der Waals surface area (Å²) >= 11 is 0. The number of hydrogen-bond acceptors (Lipinski definition) is 11. The molecule has 1 aliphatic rings. The van der Waals surface area contributed by atoms with Crippen LogP contribution < -0.4 is 15.3 Å². The maximum atomic E-state index is 13.9. The zero-order chi connectivity index (χ0) is 29.1. The summed E-state index contributed by atoms with van der Waals surface area (Å²) in [5, 5.41) is 13.6. The number of nitrogens with two attached hydrogens (primary N) is 1. The van der Waals surface area contributed by atoms with Gasteiger partial charge in [-0.1, -0.05) is 44.9 Å². The average Bonchev–Trinajstić information content (AvgIpc) is 3.48. The minimum Gasteiger partial charge on any atom is -0.464 e. The SMILES string of the molecule is C#C[C@]1(CO[P@@](=O)(N[C@@H](C)C(=O)OCC(C)(C)C)Oc2ccccc2)O[C@@H](n2cnc3c(N)ncnc32)C[C@@H]1O. The van der Waals surface area contributed by atoms with Gasteiger partial charge in [0.15, 0.2) is 17.1 Å². The molecule has 214 valence electrons. The van der Waals surface area contributed by atoms with Crippen LogP contribution in [-0.2, 0) is 23.4 Å². The largest absolute Gasteiger partial charge is 0.464 e. The first kappa shape index (κ1) is 29.5. The Kier molecular flexibility index (Phi) is 8.49. The number of nitrogens with one attached hydrogen (secondary N) is 1. The Morgan fingerprint density at radius 2 is 2.08 bits per heavy atom. The lowest BCUT2D eigenvalue weighted by atomic mass is 9.99. The molecule has 0 unspecified atom stereocenters. The highest BCUT2D eigenvalue weighted by atomic mass is 31.2. The number of carbonyl (C=O) groups is 1. The summed E-state index contributed by atoms with van der Waals surface area (Å²) in [6, 6.07) is 7.21. The molecule has 3 heterocycles. The van der Waals surface area contributed by atoms with Crippen LogP contribution in [0.5, 0.6) is 5.75 Å². The fourth-order valence-electron chi connectivity index (χ4n) is 3.90. The van der Waals surface area contributed by atoms with Crippen molar-refractivity contribution < 1.29 is 33.0 Å². The third-order valence-corrected chi connectivity index (χ3v) is 7.65. The lowest BCUT2D eigenvalue weighted by molar-refractivity contribution is -0.148. The maximum absolute atomic E-state index is 13.9. The van der Waals surface area contributed by atoms with Gasteiger partial charge in [0.05, 0.1) is 12.9 Å². The van der Waals surface area contributed by atoms with Crippen molar-refractivity contribution in [3.05, 3.63) is 43.0 Å². The summed E-state index contributed by atoms with van der Waals surface area (Å²) in [6.07, 6.45) is 6.59. The van der Waals surface area contributed by atoms with E-state index in [4.69, 9.17) is 30.7 Å². The van der Waals surface area contributed by atoms with E-state index in [1.54, 1.807) is 34.9 Å². The second-order valence-corrected chi connectivity index (χ2v) is 12.3. The fraction of sp³-hybridized carbons (Fsp3) is 0.462. The highest BCUT2D eigenvalue weighted by Crippen LogP contribution is 2.48. The monoisotopic (exact) mass is 572 g/mol. The van der Waals surface area contributed by atoms with Crippen molar-refractivity contribution in [1.82, 2.24) is 24.6 Å². The van der Waals surface area contributed by atoms with E-state index in [1.165, 1.54) is 19.6 Å². The van der Waals surface area contributed by atoms with Gasteiger partial charge >= 0.3 is 13.7 Å². The Balaban J connectivity index is 1.53. The predicted molar refractivity (Wildman–Crippen MR) is 146 cm³/mol. The summed E-state index contributed by atoms with van der Waals surface area (Å²) in [5.41, 5.74) is 4.66. The molecule has 2 aromatic heterocycles. The van der Waals surface area contributed by atoms with Crippen molar-refractivity contribution in [2.75, 3.05) is 18.9 Å². The van der Waals surface area contributed by atoms with Gasteiger partial charge in [0, 0.05) is 6.42 Å². The van der Waals surface area contributed by atoms with Crippen molar-refractivity contribution >= 4 is 30.7 Å². The Bertz CT molecular complexity index is 1440. The fourth-order valence-corrected chi connectivity index (χ4v) is 5.42. The van der Waals surface area contributed by atoms with E-state index in [9.17, 15) is 14.5 Å². The van der Waals surface area contributed by atoms with Gasteiger partial charge in [-0.15, -0.1) is 6.42 Å². The quantitative estimate of drug-likeness (QED) is 0.184. The summed E-state index contributed by atoms with van der Waals surface area (Å²) in [5.74, 6) is 2.21. The normalized spacial score (nSPS) is 23.3. The van der Waals surface area contributed by atoms with Gasteiger partial charge in [0.1, 0.15) is 42.6 Å². The first-order chi connectivity index (χ1) is 18.8. The number of carbonyl (C=O) groups excluding carboxylic acids is 1. The number of fused-ring (bicyclic) bond motifs is 1. The van der Waals surface area contributed by atoms with Gasteiger partial charge in [-0.3, -0.25) is 13.9 Å². The number of imidazole rings is 1. The molecular weight excluding hydrogens is 539 g/mol. The van der Waals surface area contributed by atoms with E-state index >= 15 is 0 Å². The van der Waals surface area contributed by atoms with Crippen LogP contribution in [0.15, 0.2) is 43.0 Å². The van der Waals surface area contributed by atoms with Crippen molar-refractivity contribution in [1.29, 1.82) is 0 Å². The molecule has 13 nitrogen and oxygen atoms in total. The topological polar surface area (TPSA) is 173 Å². The number of nitrogen functional groups attached to an aromatic ring is 1. The molecule has 0 saturated carbocycles. The summed E-state index contributed by atoms with van der Waals surface area (Å²) in [7, 11) is -4.27. The molecule has 0 spiro atoms. The van der Waals surface area contributed by atoms with Crippen LogP contribution >= 0.6 is 7.75 Å². The van der Waals surface area contributed by atoms with Crippen LogP contribution in [0.25, 0.3) is 11.2 Å². The Morgan fingerprint density at radius 3 is 2.75 bits per heavy atom. The number of para-hydroxylation sites is 1. The third-order valence-electron chi connectivity index (χ3n) is 6.02. The van der Waals surface area contributed by atoms with E-state index in [0.717, 1.165) is 0 Å². The molecule has 0 amide bonds. The molecule has 1 aliphatic heterocycles. The van der Waals surface area contributed by atoms with E-state index in [2.05, 4.69) is 26.0 Å². The second kappa shape index (κ2) is 11.5. The van der Waals surface area contributed by atoms with E-state index in [-0.39, 0.29) is 30.0 Å². The van der Waals surface area contributed by atoms with Crippen LogP contribution in [0.2, 0.25) is 0 Å². The number of anilines is 1. The molecular formula is C26H33N6O7P. The van der Waals surface area contributed by atoms with Crippen molar-refractivity contribution in [3.8, 4) is 18.1 Å². The average molecular weight is 573 g/mol. The number of aromatic nitrogens is 4. The number of ether oxygens (including phenoxy) is 2. The van der Waals surface area contributed by atoms with E-state index < -0.39 is 44.3 Å². The van der Waals surface area contributed by atoms with Gasteiger partial charge in [-0.2, -0.15) is 5.09 Å². The molecule has 40 heavy (non-hydrogen) atoms. The maximum Gasteiger partial charge on any atom is 0.459 e. The standard InChI is InChI=1S/C26H33N6O7P/c1-6-26(19(33)12-20(38-26)32-16-30-21-22(27)28-15-29-23(21)32)14-37-40(35,39-18-10-8-7-9-11-18)31-17(2)24(34)36-13-25(3,4)5/h1,7-11,15-17,19-20,33H,12-14H2,2-5H3,(H,31,35)(H2,27,28,29)/t17-,19-,20+,26+,40-/m0/s1. The van der Waals surface area contributed by atoms with Crippen molar-refractivity contribution in [2.24, 2.45) is 5.41 Å². The van der Waals surface area contributed by atoms with E-state index in [0.29, 0.717) is 11.2 Å². The van der Waals surface area contributed by atoms with Gasteiger partial charge in [0.2, 0.25) is 0 Å². The number of aliphatic hydroxyl groups is 1. The number of terminal acetylenes is 1. The van der Waals surface area contributed by atoms with Gasteiger partial charge in [-0.25, -0.2) is 19.5 Å². The van der Waals surface area contributed by atoms with Crippen LogP contribution in [0, 0.1) is 17.8 Å². The predicted octanol–water partition coefficient (Wildman–Crippen LogP) is 2.83. The lowest BCUT2D eigenvalue weighted by Gasteiger charge is -2.29. The summed E-state index contributed by atoms with van der Waals surface area (Å²) < 4.78 is 38.4. The molecule has 14 heteroatoms. The van der Waals surface area contributed by atoms with Crippen LogP contribution in [0.1, 0.15) is 40.3 Å². The highest BCUT2D eigenvalue weighted by molar-refractivity contribution is 7.52. The second-order valence-electron chi connectivity index (χ2n) is 10.6. The molecule has 4 rings (SSSR count). The molecule has 3 aromatic rings. The number of hydrogen-bond donors (Lipinski definition) is 3. The van der Waals surface area contributed by atoms with Crippen molar-refractivity contribution in [2.45, 2.75) is 58.1 Å². The Labute approximate surface area is 232 Å². The van der Waals surface area contributed by atoms with Crippen molar-refractivity contribution in [3.63, 3.8) is 0 Å². The number of benzene rings is 1. The summed E-state index contributed by atoms with van der Waals surface area (Å²) in [6.45, 7) is 6.84. The molecule has 1 fully saturated rings. The van der Waals surface area contributed by atoms with Gasteiger partial charge in [0.25, 0.3) is 0 Å². The summed E-state index contributed by atoms with van der Waals surface area (Å²) in [4.78, 5) is 25.0. The Morgan fingerprint density at radius 1 is 1.35 bits per heavy atom. The number of esters is 1. The molecule has 1 saturated heterocycles. The molecule has 0 bridgehead atoms. The first-order valence-electron chi connectivity index (χ1n) is 12.5. The number of aliphatic hydroxyl groups excluding tert-OH is 1. The molecule has 0 radical (unpaired) electrons. The number of nitrogens with zero attached hydrogens (tertiary/aromatic N) is 4.